The van der Waals surface area contributed by atoms with Crippen LogP contribution in [0.25, 0.3) is 5.57 Å². The van der Waals surface area contributed by atoms with E-state index in [-0.39, 0.29) is 5.82 Å². The van der Waals surface area contributed by atoms with Crippen LogP contribution in [0, 0.1) is 5.82 Å². The molecule has 0 aliphatic carbocycles. The molecule has 0 radical (unpaired) electrons. The molecule has 70 valence electrons. The minimum absolute atomic E-state index is 0.171. The van der Waals surface area contributed by atoms with Crippen molar-refractivity contribution < 1.29 is 4.39 Å². The summed E-state index contributed by atoms with van der Waals surface area (Å²) in [7, 11) is 0. The van der Waals surface area contributed by atoms with E-state index >= 15 is 0 Å². The summed E-state index contributed by atoms with van der Waals surface area (Å²) >= 11 is 0. The Kier molecular flexibility index (Phi) is 3.69. The van der Waals surface area contributed by atoms with E-state index in [1.54, 1.807) is 0 Å². The van der Waals surface area contributed by atoms with Gasteiger partial charge in [0, 0.05) is 0 Å². The molecule has 0 aliphatic heterocycles. The zero-order chi connectivity index (χ0) is 9.68. The standard InChI is InChI=1S/C12H15F/c1-3-5-10(4-2)11-6-8-12(13)9-7-11/h5-9H,3-4H2,1-2H3/b10-5+. The SMILES string of the molecule is CC/C=C(\CC)c1ccc(F)cc1. The minimum atomic E-state index is -0.171. The van der Waals surface area contributed by atoms with Crippen molar-refractivity contribution in [3.05, 3.63) is 41.7 Å². The zero-order valence-electron chi connectivity index (χ0n) is 8.18. The molecule has 0 heterocycles. The highest BCUT2D eigenvalue weighted by molar-refractivity contribution is 5.65. The molecule has 0 nitrogen and oxygen atoms in total. The summed E-state index contributed by atoms with van der Waals surface area (Å²) in [5, 5.41) is 0. The van der Waals surface area contributed by atoms with Crippen molar-refractivity contribution in [1.29, 1.82) is 0 Å². The maximum absolute atomic E-state index is 12.6. The molecule has 0 spiro atoms. The van der Waals surface area contributed by atoms with Crippen LogP contribution in [0.5, 0.6) is 0 Å². The van der Waals surface area contributed by atoms with Crippen LogP contribution in [-0.2, 0) is 0 Å². The zero-order valence-corrected chi connectivity index (χ0v) is 8.18. The second-order valence-electron chi connectivity index (χ2n) is 3.00. The quantitative estimate of drug-likeness (QED) is 0.655. The molecule has 0 N–H and O–H groups in total. The Hall–Kier alpha value is -1.11. The third kappa shape index (κ3) is 2.69. The smallest absolute Gasteiger partial charge is 0.123 e. The second-order valence-corrected chi connectivity index (χ2v) is 3.00. The number of rotatable bonds is 3. The fourth-order valence-corrected chi connectivity index (χ4v) is 1.38. The Bertz CT molecular complexity index is 282. The molecular formula is C12H15F. The Morgan fingerprint density at radius 3 is 2.31 bits per heavy atom. The van der Waals surface area contributed by atoms with Crippen molar-refractivity contribution in [2.45, 2.75) is 26.7 Å². The molecule has 1 aromatic rings. The van der Waals surface area contributed by atoms with E-state index in [2.05, 4.69) is 19.9 Å². The molecule has 1 aromatic carbocycles. The van der Waals surface area contributed by atoms with E-state index in [1.807, 2.05) is 12.1 Å². The van der Waals surface area contributed by atoms with Gasteiger partial charge in [-0.15, -0.1) is 0 Å². The number of benzene rings is 1. The van der Waals surface area contributed by atoms with Crippen LogP contribution in [0.3, 0.4) is 0 Å². The van der Waals surface area contributed by atoms with Crippen molar-refractivity contribution in [2.75, 3.05) is 0 Å². The van der Waals surface area contributed by atoms with Gasteiger partial charge in [-0.25, -0.2) is 4.39 Å². The van der Waals surface area contributed by atoms with Crippen molar-refractivity contribution in [1.82, 2.24) is 0 Å². The Balaban J connectivity index is 2.92. The van der Waals surface area contributed by atoms with Gasteiger partial charge in [0.2, 0.25) is 0 Å². The first kappa shape index (κ1) is 9.97. The third-order valence-corrected chi connectivity index (χ3v) is 2.05. The molecule has 0 unspecified atom stereocenters. The topological polar surface area (TPSA) is 0 Å². The van der Waals surface area contributed by atoms with E-state index in [0.717, 1.165) is 18.4 Å². The van der Waals surface area contributed by atoms with Crippen LogP contribution in [0.4, 0.5) is 4.39 Å². The molecule has 0 saturated carbocycles. The summed E-state index contributed by atoms with van der Waals surface area (Å²) in [5.74, 6) is -0.171. The van der Waals surface area contributed by atoms with Gasteiger partial charge >= 0.3 is 0 Å². The Morgan fingerprint density at radius 1 is 1.23 bits per heavy atom. The summed E-state index contributed by atoms with van der Waals surface area (Å²) in [5.41, 5.74) is 2.42. The Labute approximate surface area is 79.1 Å². The van der Waals surface area contributed by atoms with Crippen LogP contribution < -0.4 is 0 Å². The first-order valence-corrected chi connectivity index (χ1v) is 4.73. The first-order chi connectivity index (χ1) is 6.27. The number of halogens is 1. The third-order valence-electron chi connectivity index (χ3n) is 2.05. The molecule has 0 fully saturated rings. The lowest BCUT2D eigenvalue weighted by Gasteiger charge is -2.03. The second kappa shape index (κ2) is 4.80. The van der Waals surface area contributed by atoms with Crippen molar-refractivity contribution in [3.8, 4) is 0 Å². The molecule has 0 aromatic heterocycles. The van der Waals surface area contributed by atoms with Crippen LogP contribution in [-0.4, -0.2) is 0 Å². The summed E-state index contributed by atoms with van der Waals surface area (Å²) in [6.07, 6.45) is 4.22. The number of hydrogen-bond donors (Lipinski definition) is 0. The molecule has 0 saturated heterocycles. The largest absolute Gasteiger partial charge is 0.207 e. The van der Waals surface area contributed by atoms with Gasteiger partial charge in [-0.05, 0) is 36.1 Å². The predicted octanol–water partition coefficient (Wildman–Crippen LogP) is 4.03. The normalized spacial score (nSPS) is 11.8. The highest BCUT2D eigenvalue weighted by Crippen LogP contribution is 2.18. The lowest BCUT2D eigenvalue weighted by atomic mass is 10.0. The van der Waals surface area contributed by atoms with E-state index in [0.29, 0.717) is 0 Å². The monoisotopic (exact) mass is 178 g/mol. The van der Waals surface area contributed by atoms with Gasteiger partial charge in [-0.2, -0.15) is 0 Å². The van der Waals surface area contributed by atoms with Gasteiger partial charge in [0.05, 0.1) is 0 Å². The predicted molar refractivity (Wildman–Crippen MR) is 55.0 cm³/mol. The molecule has 1 rings (SSSR count). The molecule has 0 amide bonds. The number of allylic oxidation sites excluding steroid dienone is 2. The van der Waals surface area contributed by atoms with Crippen molar-refractivity contribution >= 4 is 5.57 Å². The average molecular weight is 178 g/mol. The molecule has 0 bridgehead atoms. The highest BCUT2D eigenvalue weighted by atomic mass is 19.1. The van der Waals surface area contributed by atoms with Crippen molar-refractivity contribution in [2.24, 2.45) is 0 Å². The van der Waals surface area contributed by atoms with Crippen LogP contribution >= 0.6 is 0 Å². The fraction of sp³-hybridized carbons (Fsp3) is 0.333. The Morgan fingerprint density at radius 2 is 1.85 bits per heavy atom. The first-order valence-electron chi connectivity index (χ1n) is 4.73. The molecule has 0 atom stereocenters. The van der Waals surface area contributed by atoms with Crippen molar-refractivity contribution in [3.63, 3.8) is 0 Å². The number of hydrogen-bond acceptors (Lipinski definition) is 0. The molecule has 13 heavy (non-hydrogen) atoms. The van der Waals surface area contributed by atoms with E-state index in [4.69, 9.17) is 0 Å². The van der Waals surface area contributed by atoms with E-state index < -0.39 is 0 Å². The summed E-state index contributed by atoms with van der Waals surface area (Å²) in [6.45, 7) is 4.23. The van der Waals surface area contributed by atoms with Gasteiger partial charge in [0.25, 0.3) is 0 Å². The summed E-state index contributed by atoms with van der Waals surface area (Å²) < 4.78 is 12.6. The lowest BCUT2D eigenvalue weighted by Crippen LogP contribution is -1.83. The van der Waals surface area contributed by atoms with E-state index in [9.17, 15) is 4.39 Å². The minimum Gasteiger partial charge on any atom is -0.207 e. The van der Waals surface area contributed by atoms with Gasteiger partial charge in [-0.3, -0.25) is 0 Å². The van der Waals surface area contributed by atoms with E-state index in [1.165, 1.54) is 17.7 Å². The summed E-state index contributed by atoms with van der Waals surface area (Å²) in [4.78, 5) is 0. The molecule has 0 aliphatic rings. The van der Waals surface area contributed by atoms with Gasteiger partial charge in [0.1, 0.15) is 5.82 Å². The van der Waals surface area contributed by atoms with Crippen LogP contribution in [0.1, 0.15) is 32.3 Å². The van der Waals surface area contributed by atoms with Gasteiger partial charge in [-0.1, -0.05) is 32.1 Å². The molecule has 1 heteroatoms. The highest BCUT2D eigenvalue weighted by Gasteiger charge is 1.97. The lowest BCUT2D eigenvalue weighted by molar-refractivity contribution is 0.627. The van der Waals surface area contributed by atoms with Gasteiger partial charge in [0.15, 0.2) is 0 Å². The van der Waals surface area contributed by atoms with Crippen LogP contribution in [0.2, 0.25) is 0 Å². The molecular weight excluding hydrogens is 163 g/mol. The van der Waals surface area contributed by atoms with Gasteiger partial charge < -0.3 is 0 Å². The maximum Gasteiger partial charge on any atom is 0.123 e. The average Bonchev–Trinajstić information content (AvgIpc) is 2.16. The fourth-order valence-electron chi connectivity index (χ4n) is 1.38. The maximum atomic E-state index is 12.6. The summed E-state index contributed by atoms with van der Waals surface area (Å²) in [6, 6.07) is 6.68. The van der Waals surface area contributed by atoms with Crippen LogP contribution in [0.15, 0.2) is 30.3 Å².